The van der Waals surface area contributed by atoms with Gasteiger partial charge in [0, 0.05) is 12.8 Å². The Bertz CT molecular complexity index is 1540. The lowest BCUT2D eigenvalue weighted by molar-refractivity contribution is -0.870. The van der Waals surface area contributed by atoms with E-state index in [9.17, 15) is 19.0 Å². The van der Waals surface area contributed by atoms with Gasteiger partial charge >= 0.3 is 11.9 Å². The van der Waals surface area contributed by atoms with Crippen LogP contribution in [0, 0.1) is 0 Å². The molecule has 434 valence electrons. The summed E-state index contributed by atoms with van der Waals surface area (Å²) in [5.41, 5.74) is 0. The molecule has 9 nitrogen and oxygen atoms in total. The zero-order valence-corrected chi connectivity index (χ0v) is 50.1. The van der Waals surface area contributed by atoms with Crippen LogP contribution in [0.2, 0.25) is 0 Å². The third-order valence-electron chi connectivity index (χ3n) is 13.2. The highest BCUT2D eigenvalue weighted by atomic mass is 31.2. The summed E-state index contributed by atoms with van der Waals surface area (Å²) in [5, 5.41) is 0. The summed E-state index contributed by atoms with van der Waals surface area (Å²) in [6.45, 7) is 4.13. The van der Waals surface area contributed by atoms with Gasteiger partial charge in [0.25, 0.3) is 7.82 Å². The lowest BCUT2D eigenvalue weighted by atomic mass is 10.0. The van der Waals surface area contributed by atoms with Gasteiger partial charge in [-0.05, 0) is 70.6 Å². The molecule has 0 rings (SSSR count). The van der Waals surface area contributed by atoms with E-state index in [1.165, 1.54) is 135 Å². The number of quaternary nitrogens is 1. The van der Waals surface area contributed by atoms with Crippen LogP contribution in [0.1, 0.15) is 264 Å². The van der Waals surface area contributed by atoms with E-state index in [4.69, 9.17) is 18.5 Å². The number of nitrogens with zero attached hydrogens (tertiary/aromatic N) is 1. The molecule has 0 aromatic carbocycles. The minimum Gasteiger partial charge on any atom is -0.756 e. The van der Waals surface area contributed by atoms with Crippen LogP contribution in [0.15, 0.2) is 85.1 Å². The Balaban J connectivity index is 4.19. The molecule has 2 atom stereocenters. The Morgan fingerprint density at radius 2 is 0.760 bits per heavy atom. The number of hydrogen-bond acceptors (Lipinski definition) is 8. The molecule has 0 bridgehead atoms. The lowest BCUT2D eigenvalue weighted by Crippen LogP contribution is -2.37. The molecule has 0 aromatic rings. The fourth-order valence-corrected chi connectivity index (χ4v) is 9.19. The summed E-state index contributed by atoms with van der Waals surface area (Å²) < 4.78 is 34.2. The summed E-state index contributed by atoms with van der Waals surface area (Å²) in [7, 11) is 1.15. The first kappa shape index (κ1) is 72.2. The number of hydrogen-bond donors (Lipinski definition) is 0. The summed E-state index contributed by atoms with van der Waals surface area (Å²) in [5.74, 6) is -0.850. The first-order valence-electron chi connectivity index (χ1n) is 30.8. The van der Waals surface area contributed by atoms with Gasteiger partial charge in [-0.1, -0.05) is 266 Å². The minimum absolute atomic E-state index is 0.0378. The van der Waals surface area contributed by atoms with E-state index < -0.39 is 26.5 Å². The molecule has 0 saturated carbocycles. The number of phosphoric ester groups is 1. The Kier molecular flexibility index (Phi) is 53.8. The predicted molar refractivity (Wildman–Crippen MR) is 319 cm³/mol. The van der Waals surface area contributed by atoms with E-state index >= 15 is 0 Å². The van der Waals surface area contributed by atoms with Crippen molar-refractivity contribution in [3.8, 4) is 0 Å². The summed E-state index contributed by atoms with van der Waals surface area (Å²) >= 11 is 0. The third kappa shape index (κ3) is 60.3. The summed E-state index contributed by atoms with van der Waals surface area (Å²) in [4.78, 5) is 37.9. The Labute approximate surface area is 462 Å². The van der Waals surface area contributed by atoms with Gasteiger partial charge in [-0.2, -0.15) is 0 Å². The first-order valence-corrected chi connectivity index (χ1v) is 32.3. The average molecular weight is 1070 g/mol. The summed E-state index contributed by atoms with van der Waals surface area (Å²) in [6.07, 6.45) is 74.9. The maximum Gasteiger partial charge on any atom is 0.306 e. The van der Waals surface area contributed by atoms with Gasteiger partial charge in [-0.3, -0.25) is 14.2 Å². The third-order valence-corrected chi connectivity index (χ3v) is 14.1. The molecule has 10 heteroatoms. The number of allylic oxidation sites excluding steroid dienone is 14. The van der Waals surface area contributed by atoms with Crippen LogP contribution >= 0.6 is 7.82 Å². The molecule has 0 radical (unpaired) electrons. The van der Waals surface area contributed by atoms with Gasteiger partial charge in [-0.25, -0.2) is 0 Å². The lowest BCUT2D eigenvalue weighted by Gasteiger charge is -2.28. The van der Waals surface area contributed by atoms with Crippen molar-refractivity contribution in [2.75, 3.05) is 47.5 Å². The van der Waals surface area contributed by atoms with Crippen LogP contribution in [0.25, 0.3) is 0 Å². The second-order valence-corrected chi connectivity index (χ2v) is 23.1. The Morgan fingerprint density at radius 3 is 1.13 bits per heavy atom. The van der Waals surface area contributed by atoms with E-state index in [1.807, 2.05) is 21.1 Å². The van der Waals surface area contributed by atoms with Crippen LogP contribution in [-0.2, 0) is 32.7 Å². The SMILES string of the molecule is CC/C=C\C/C=C\C/C=C\C/C=C\C/C=C\C/C=C\C/C=C\CCCCCCCC(=O)OC(COC(=O)CCCCCCCCCCCCCCCCCCCCCCCCCC)COP(=O)([O-])OCC[N+](C)(C)C. The molecule has 0 fully saturated rings. The molecule has 0 heterocycles. The fraction of sp³-hybridized carbons (Fsp3) is 0.754. The number of phosphoric acid groups is 1. The second kappa shape index (κ2) is 55.9. The number of likely N-dealkylation sites (N-methyl/N-ethyl adjacent to an activating group) is 1. The smallest absolute Gasteiger partial charge is 0.306 e. The van der Waals surface area contributed by atoms with Gasteiger partial charge in [-0.15, -0.1) is 0 Å². The second-order valence-electron chi connectivity index (χ2n) is 21.7. The molecule has 0 saturated heterocycles. The van der Waals surface area contributed by atoms with Crippen molar-refractivity contribution in [1.82, 2.24) is 0 Å². The van der Waals surface area contributed by atoms with Crippen molar-refractivity contribution in [1.29, 1.82) is 0 Å². The van der Waals surface area contributed by atoms with E-state index in [2.05, 4.69) is 98.9 Å². The highest BCUT2D eigenvalue weighted by Crippen LogP contribution is 2.38. The number of esters is 2. The highest BCUT2D eigenvalue weighted by molar-refractivity contribution is 7.45. The predicted octanol–water partition coefficient (Wildman–Crippen LogP) is 18.8. The molecule has 0 N–H and O–H groups in total. The molecule has 75 heavy (non-hydrogen) atoms. The number of rotatable bonds is 56. The summed E-state index contributed by atoms with van der Waals surface area (Å²) in [6, 6.07) is 0. The van der Waals surface area contributed by atoms with E-state index in [-0.39, 0.29) is 32.0 Å². The largest absolute Gasteiger partial charge is 0.756 e. The number of ether oxygens (including phenoxy) is 2. The van der Waals surface area contributed by atoms with E-state index in [1.54, 1.807) is 0 Å². The monoisotopic (exact) mass is 1070 g/mol. The molecule has 0 aliphatic carbocycles. The van der Waals surface area contributed by atoms with Gasteiger partial charge in [0.1, 0.15) is 19.8 Å². The average Bonchev–Trinajstić information content (AvgIpc) is 3.37. The highest BCUT2D eigenvalue weighted by Gasteiger charge is 2.22. The molecule has 0 aliphatic heterocycles. The first-order chi connectivity index (χ1) is 36.5. The van der Waals surface area contributed by atoms with Gasteiger partial charge in [0.05, 0.1) is 27.7 Å². The van der Waals surface area contributed by atoms with Crippen molar-refractivity contribution in [3.05, 3.63) is 85.1 Å². The number of carbonyl (C=O) groups excluding carboxylic acids is 2. The standard InChI is InChI=1S/C65H116NO8P/c1-6-8-10-12-14-16-18-20-22-24-26-28-30-32-33-34-36-38-40-42-44-46-48-50-52-54-56-58-65(68)74-63(62-73-75(69,70)72-60-59-66(3,4)5)61-71-64(67)57-55-53-51-49-47-45-43-41-39-37-35-31-29-27-25-23-21-19-17-15-13-11-9-7-2/h8,10,14,16,20,22,26,28,32-33,36,38,42,44,63H,6-7,9,11-13,15,17-19,21,23-25,27,29-31,34-35,37,39-41,43,45-62H2,1-5H3/b10-8-,16-14-,22-20-,28-26-,33-32-,38-36-,44-42-. The molecule has 0 aromatic heterocycles. The number of unbranched alkanes of at least 4 members (excludes halogenated alkanes) is 28. The zero-order chi connectivity index (χ0) is 54.9. The van der Waals surface area contributed by atoms with Crippen LogP contribution in [0.4, 0.5) is 0 Å². The maximum atomic E-state index is 12.8. The van der Waals surface area contributed by atoms with E-state index in [0.717, 1.165) is 96.3 Å². The molecule has 0 spiro atoms. The van der Waals surface area contributed by atoms with Gasteiger partial charge in [0.15, 0.2) is 6.10 Å². The molecular formula is C65H116NO8P. The molecular weight excluding hydrogens is 954 g/mol. The van der Waals surface area contributed by atoms with Crippen LogP contribution in [0.5, 0.6) is 0 Å². The van der Waals surface area contributed by atoms with Crippen LogP contribution in [0.3, 0.4) is 0 Å². The van der Waals surface area contributed by atoms with Crippen molar-refractivity contribution < 1.29 is 42.1 Å². The van der Waals surface area contributed by atoms with Crippen molar-refractivity contribution >= 4 is 19.8 Å². The van der Waals surface area contributed by atoms with Gasteiger partial charge < -0.3 is 27.9 Å². The van der Waals surface area contributed by atoms with Crippen molar-refractivity contribution in [2.45, 2.75) is 270 Å². The maximum absolute atomic E-state index is 12.8. The normalized spacial score (nSPS) is 13.8. The quantitative estimate of drug-likeness (QED) is 0.0195. The van der Waals surface area contributed by atoms with Crippen molar-refractivity contribution in [2.24, 2.45) is 0 Å². The topological polar surface area (TPSA) is 111 Å². The zero-order valence-electron chi connectivity index (χ0n) is 49.2. The van der Waals surface area contributed by atoms with Crippen LogP contribution in [-0.4, -0.2) is 70.0 Å². The van der Waals surface area contributed by atoms with Crippen molar-refractivity contribution in [3.63, 3.8) is 0 Å². The molecule has 2 unspecified atom stereocenters. The number of carbonyl (C=O) groups is 2. The minimum atomic E-state index is -4.65. The Morgan fingerprint density at radius 1 is 0.427 bits per heavy atom. The Hall–Kier alpha value is -2.81. The van der Waals surface area contributed by atoms with Gasteiger partial charge in [0.2, 0.25) is 0 Å². The van der Waals surface area contributed by atoms with E-state index in [0.29, 0.717) is 17.4 Å². The van der Waals surface area contributed by atoms with Crippen LogP contribution < -0.4 is 4.89 Å². The fourth-order valence-electron chi connectivity index (χ4n) is 8.46. The molecule has 0 amide bonds. The molecule has 0 aliphatic rings.